The highest BCUT2D eigenvalue weighted by Crippen LogP contribution is 2.01. The van der Waals surface area contributed by atoms with Gasteiger partial charge in [-0.3, -0.25) is 4.79 Å². The molecule has 0 aromatic rings. The van der Waals surface area contributed by atoms with Crippen LogP contribution in [-0.4, -0.2) is 24.4 Å². The fraction of sp³-hybridized carbons (Fsp3) is 0.875. The van der Waals surface area contributed by atoms with Crippen molar-refractivity contribution in [3.8, 4) is 0 Å². The van der Waals surface area contributed by atoms with Crippen LogP contribution in [0.15, 0.2) is 0 Å². The fourth-order valence-electron chi connectivity index (χ4n) is 0.776. The Kier molecular flexibility index (Phi) is 4.99. The van der Waals surface area contributed by atoms with Gasteiger partial charge < -0.3 is 4.90 Å². The zero-order valence-electron chi connectivity index (χ0n) is 7.13. The summed E-state index contributed by atoms with van der Waals surface area (Å²) in [6, 6.07) is 0. The van der Waals surface area contributed by atoms with Gasteiger partial charge in [-0.05, 0) is 12.8 Å². The smallest absolute Gasteiger partial charge is 0.209 e. The first kappa shape index (κ1) is 9.47. The van der Waals surface area contributed by atoms with E-state index in [1.807, 2.05) is 6.92 Å². The second-order valence-corrected chi connectivity index (χ2v) is 2.71. The molecule has 0 aromatic heterocycles. The molecule has 0 saturated heterocycles. The van der Waals surface area contributed by atoms with Crippen LogP contribution in [0.2, 0.25) is 0 Å². The van der Waals surface area contributed by atoms with Crippen molar-refractivity contribution in [1.82, 2.24) is 4.90 Å². The topological polar surface area (TPSA) is 20.3 Å². The van der Waals surface area contributed by atoms with Crippen LogP contribution in [0.1, 0.15) is 27.2 Å². The van der Waals surface area contributed by atoms with Gasteiger partial charge >= 0.3 is 0 Å². The van der Waals surface area contributed by atoms with Crippen molar-refractivity contribution in [2.75, 3.05) is 13.1 Å². The Morgan fingerprint density at radius 3 is 2.40 bits per heavy atom. The Balaban J connectivity index is 3.51. The Labute approximate surface area is 63.2 Å². The molecule has 60 valence electrons. The predicted octanol–water partition coefficient (Wildman–Crippen LogP) is 1.51. The van der Waals surface area contributed by atoms with E-state index in [-0.39, 0.29) is 0 Å². The fourth-order valence-corrected chi connectivity index (χ4v) is 0.776. The molecule has 10 heavy (non-hydrogen) atoms. The molecule has 0 bridgehead atoms. The number of nitrogens with zero attached hydrogens (tertiary/aromatic N) is 1. The van der Waals surface area contributed by atoms with Crippen LogP contribution in [-0.2, 0) is 4.79 Å². The molecule has 2 nitrogen and oxygen atoms in total. The summed E-state index contributed by atoms with van der Waals surface area (Å²) in [6.07, 6.45) is 2.07. The van der Waals surface area contributed by atoms with Crippen LogP contribution in [0.3, 0.4) is 0 Å². The maximum absolute atomic E-state index is 10.3. The highest BCUT2D eigenvalue weighted by Gasteiger charge is 2.02. The third-order valence-electron chi connectivity index (χ3n) is 1.80. The maximum Gasteiger partial charge on any atom is 0.209 e. The van der Waals surface area contributed by atoms with E-state index in [1.54, 1.807) is 4.90 Å². The van der Waals surface area contributed by atoms with Crippen molar-refractivity contribution in [3.05, 3.63) is 0 Å². The average Bonchev–Trinajstić information content (AvgIpc) is 1.99. The summed E-state index contributed by atoms with van der Waals surface area (Å²) in [5.41, 5.74) is 0. The predicted molar refractivity (Wildman–Crippen MR) is 42.8 cm³/mol. The molecular weight excluding hydrogens is 126 g/mol. The van der Waals surface area contributed by atoms with Crippen molar-refractivity contribution in [3.63, 3.8) is 0 Å². The first-order valence-corrected chi connectivity index (χ1v) is 3.93. The first-order chi connectivity index (χ1) is 4.74. The van der Waals surface area contributed by atoms with E-state index >= 15 is 0 Å². The first-order valence-electron chi connectivity index (χ1n) is 3.93. The lowest BCUT2D eigenvalue weighted by molar-refractivity contribution is -0.118. The summed E-state index contributed by atoms with van der Waals surface area (Å²) >= 11 is 0. The van der Waals surface area contributed by atoms with Crippen molar-refractivity contribution in [1.29, 1.82) is 0 Å². The highest BCUT2D eigenvalue weighted by molar-refractivity contribution is 5.46. The number of hydrogen-bond acceptors (Lipinski definition) is 1. The monoisotopic (exact) mass is 143 g/mol. The van der Waals surface area contributed by atoms with E-state index in [4.69, 9.17) is 0 Å². The van der Waals surface area contributed by atoms with Crippen LogP contribution in [0.4, 0.5) is 0 Å². The standard InChI is InChI=1S/C8H17NO/c1-4-8(3)6-9(5-2)7-10/h7-8H,4-6H2,1-3H3. The normalized spacial score (nSPS) is 12.7. The largest absolute Gasteiger partial charge is 0.345 e. The third kappa shape index (κ3) is 3.49. The lowest BCUT2D eigenvalue weighted by Gasteiger charge is -2.18. The minimum atomic E-state index is 0.630. The van der Waals surface area contributed by atoms with E-state index in [0.717, 1.165) is 25.9 Å². The second kappa shape index (κ2) is 5.27. The summed E-state index contributed by atoms with van der Waals surface area (Å²) in [7, 11) is 0. The van der Waals surface area contributed by atoms with Crippen LogP contribution < -0.4 is 0 Å². The molecule has 1 amide bonds. The molecular formula is C8H17NO. The van der Waals surface area contributed by atoms with Crippen molar-refractivity contribution in [2.45, 2.75) is 27.2 Å². The van der Waals surface area contributed by atoms with Gasteiger partial charge in [-0.15, -0.1) is 0 Å². The van der Waals surface area contributed by atoms with Crippen molar-refractivity contribution >= 4 is 6.41 Å². The molecule has 0 spiro atoms. The van der Waals surface area contributed by atoms with Crippen LogP contribution in [0, 0.1) is 5.92 Å². The van der Waals surface area contributed by atoms with Gasteiger partial charge in [0.1, 0.15) is 0 Å². The average molecular weight is 143 g/mol. The number of hydrogen-bond donors (Lipinski definition) is 0. The van der Waals surface area contributed by atoms with Gasteiger partial charge in [0.25, 0.3) is 0 Å². The van der Waals surface area contributed by atoms with Gasteiger partial charge in [0.2, 0.25) is 6.41 Å². The molecule has 0 fully saturated rings. The highest BCUT2D eigenvalue weighted by atomic mass is 16.1. The molecule has 0 aliphatic carbocycles. The van der Waals surface area contributed by atoms with E-state index in [2.05, 4.69) is 13.8 Å². The Morgan fingerprint density at radius 1 is 1.50 bits per heavy atom. The maximum atomic E-state index is 10.3. The van der Waals surface area contributed by atoms with E-state index in [0.29, 0.717) is 5.92 Å². The lowest BCUT2D eigenvalue weighted by Crippen LogP contribution is -2.26. The molecule has 2 heteroatoms. The van der Waals surface area contributed by atoms with E-state index in [9.17, 15) is 4.79 Å². The van der Waals surface area contributed by atoms with Crippen molar-refractivity contribution in [2.24, 2.45) is 5.92 Å². The molecule has 0 N–H and O–H groups in total. The summed E-state index contributed by atoms with van der Waals surface area (Å²) < 4.78 is 0. The van der Waals surface area contributed by atoms with Gasteiger partial charge in [-0.2, -0.15) is 0 Å². The minimum absolute atomic E-state index is 0.630. The Morgan fingerprint density at radius 2 is 2.10 bits per heavy atom. The zero-order valence-corrected chi connectivity index (χ0v) is 7.13. The van der Waals surface area contributed by atoms with Gasteiger partial charge in [0, 0.05) is 13.1 Å². The molecule has 0 aliphatic rings. The Hall–Kier alpha value is -0.530. The second-order valence-electron chi connectivity index (χ2n) is 2.71. The number of amides is 1. The summed E-state index contributed by atoms with van der Waals surface area (Å²) in [5, 5.41) is 0. The van der Waals surface area contributed by atoms with Gasteiger partial charge in [0.05, 0.1) is 0 Å². The lowest BCUT2D eigenvalue weighted by atomic mass is 10.1. The summed E-state index contributed by atoms with van der Waals surface area (Å²) in [6.45, 7) is 8.02. The minimum Gasteiger partial charge on any atom is -0.345 e. The van der Waals surface area contributed by atoms with Crippen molar-refractivity contribution < 1.29 is 4.79 Å². The quantitative estimate of drug-likeness (QED) is 0.534. The summed E-state index contributed by atoms with van der Waals surface area (Å²) in [4.78, 5) is 12.1. The van der Waals surface area contributed by atoms with Gasteiger partial charge in [-0.25, -0.2) is 0 Å². The Bertz CT molecular complexity index is 93.3. The molecule has 0 rings (SSSR count). The molecule has 1 atom stereocenters. The molecule has 0 aromatic carbocycles. The van der Waals surface area contributed by atoms with Gasteiger partial charge in [-0.1, -0.05) is 20.3 Å². The van der Waals surface area contributed by atoms with E-state index in [1.165, 1.54) is 0 Å². The van der Waals surface area contributed by atoms with Crippen LogP contribution in [0.25, 0.3) is 0 Å². The SMILES string of the molecule is CCC(C)CN(C=O)CC. The summed E-state index contributed by atoms with van der Waals surface area (Å²) in [5.74, 6) is 0.630. The number of carbonyl (C=O) groups excluding carboxylic acids is 1. The zero-order chi connectivity index (χ0) is 7.98. The molecule has 0 saturated carbocycles. The van der Waals surface area contributed by atoms with Gasteiger partial charge in [0.15, 0.2) is 0 Å². The molecule has 0 aliphatic heterocycles. The number of carbonyl (C=O) groups is 1. The number of rotatable bonds is 5. The molecule has 0 radical (unpaired) electrons. The third-order valence-corrected chi connectivity index (χ3v) is 1.80. The van der Waals surface area contributed by atoms with Crippen LogP contribution >= 0.6 is 0 Å². The van der Waals surface area contributed by atoms with E-state index < -0.39 is 0 Å². The molecule has 1 unspecified atom stereocenters. The van der Waals surface area contributed by atoms with Crippen LogP contribution in [0.5, 0.6) is 0 Å². The molecule has 0 heterocycles.